The molecule has 0 unspecified atom stereocenters. The minimum atomic E-state index is -0.454. The van der Waals surface area contributed by atoms with Crippen LogP contribution < -0.4 is 5.32 Å². The van der Waals surface area contributed by atoms with Crippen LogP contribution in [0.15, 0.2) is 35.7 Å². The first-order valence-corrected chi connectivity index (χ1v) is 7.77. The second kappa shape index (κ2) is 10.0. The minimum Gasteiger partial charge on any atom is -0.357 e. The molecule has 10 heteroatoms. The Balaban J connectivity index is 0.00000312. The first-order chi connectivity index (χ1) is 11.5. The Labute approximate surface area is 163 Å². The lowest BCUT2D eigenvalue weighted by molar-refractivity contribution is -0.385. The summed E-state index contributed by atoms with van der Waals surface area (Å²) >= 11 is 0. The first kappa shape index (κ1) is 20.9. The van der Waals surface area contributed by atoms with Crippen LogP contribution in [0.5, 0.6) is 0 Å². The third-order valence-electron chi connectivity index (χ3n) is 3.57. The van der Waals surface area contributed by atoms with Gasteiger partial charge in [0.15, 0.2) is 5.96 Å². The van der Waals surface area contributed by atoms with E-state index in [1.807, 2.05) is 38.2 Å². The Hall–Kier alpha value is -2.11. The molecular formula is C15H24IN7O2. The van der Waals surface area contributed by atoms with Gasteiger partial charge in [-0.15, -0.1) is 24.0 Å². The Morgan fingerprint density at radius 3 is 2.84 bits per heavy atom. The predicted octanol–water partition coefficient (Wildman–Crippen LogP) is 1.85. The lowest BCUT2D eigenvalue weighted by Crippen LogP contribution is -2.39. The number of nitro groups is 1. The van der Waals surface area contributed by atoms with Crippen molar-refractivity contribution in [2.75, 3.05) is 20.1 Å². The SMILES string of the molecule is CCNC(=NCCn1cc([N+](=O)[O-])cn1)N(C)Cc1cccn1C.I. The summed E-state index contributed by atoms with van der Waals surface area (Å²) in [5.74, 6) is 0.792. The van der Waals surface area contributed by atoms with Crippen LogP contribution in [0.1, 0.15) is 12.6 Å². The monoisotopic (exact) mass is 461 g/mol. The molecule has 1 N–H and O–H groups in total. The van der Waals surface area contributed by atoms with Crippen molar-refractivity contribution in [1.82, 2.24) is 24.6 Å². The molecule has 0 atom stereocenters. The van der Waals surface area contributed by atoms with Crippen LogP contribution in [0.25, 0.3) is 0 Å². The van der Waals surface area contributed by atoms with Crippen LogP contribution in [-0.4, -0.2) is 50.3 Å². The maximum Gasteiger partial charge on any atom is 0.306 e. The van der Waals surface area contributed by atoms with Crippen LogP contribution in [0, 0.1) is 10.1 Å². The van der Waals surface area contributed by atoms with Gasteiger partial charge in [0.2, 0.25) is 0 Å². The number of nitrogens with one attached hydrogen (secondary N) is 1. The highest BCUT2D eigenvalue weighted by Gasteiger charge is 2.10. The molecular weight excluding hydrogens is 437 g/mol. The second-order valence-corrected chi connectivity index (χ2v) is 5.42. The van der Waals surface area contributed by atoms with Crippen LogP contribution in [0.3, 0.4) is 0 Å². The van der Waals surface area contributed by atoms with Crippen LogP contribution in [-0.2, 0) is 20.1 Å². The van der Waals surface area contributed by atoms with Crippen molar-refractivity contribution in [1.29, 1.82) is 0 Å². The smallest absolute Gasteiger partial charge is 0.306 e. The Bertz CT molecular complexity index is 710. The van der Waals surface area contributed by atoms with Crippen LogP contribution in [0.2, 0.25) is 0 Å². The predicted molar refractivity (Wildman–Crippen MR) is 107 cm³/mol. The van der Waals surface area contributed by atoms with E-state index in [4.69, 9.17) is 0 Å². The van der Waals surface area contributed by atoms with Crippen molar-refractivity contribution in [3.8, 4) is 0 Å². The highest BCUT2D eigenvalue weighted by molar-refractivity contribution is 14.0. The van der Waals surface area contributed by atoms with Crippen molar-refractivity contribution < 1.29 is 4.92 Å². The molecule has 0 fully saturated rings. The Kier molecular flexibility index (Phi) is 8.38. The lowest BCUT2D eigenvalue weighted by atomic mass is 10.4. The first-order valence-electron chi connectivity index (χ1n) is 7.77. The zero-order chi connectivity index (χ0) is 17.5. The molecule has 0 aliphatic carbocycles. The van der Waals surface area contributed by atoms with Crippen molar-refractivity contribution in [2.24, 2.45) is 12.0 Å². The van der Waals surface area contributed by atoms with Gasteiger partial charge in [-0.3, -0.25) is 19.8 Å². The fourth-order valence-electron chi connectivity index (χ4n) is 2.28. The number of halogens is 1. The average Bonchev–Trinajstić information content (AvgIpc) is 3.16. The highest BCUT2D eigenvalue weighted by atomic mass is 127. The largest absolute Gasteiger partial charge is 0.357 e. The number of hydrogen-bond donors (Lipinski definition) is 1. The Morgan fingerprint density at radius 2 is 2.28 bits per heavy atom. The van der Waals surface area contributed by atoms with Crippen molar-refractivity contribution in [3.05, 3.63) is 46.5 Å². The number of nitrogens with zero attached hydrogens (tertiary/aromatic N) is 6. The van der Waals surface area contributed by atoms with Crippen LogP contribution in [0.4, 0.5) is 5.69 Å². The molecule has 0 bridgehead atoms. The molecule has 2 rings (SSSR count). The van der Waals surface area contributed by atoms with Gasteiger partial charge >= 0.3 is 5.69 Å². The molecule has 0 amide bonds. The van der Waals surface area contributed by atoms with Gasteiger partial charge in [-0.05, 0) is 19.1 Å². The van der Waals surface area contributed by atoms with Crippen LogP contribution >= 0.6 is 24.0 Å². The topological polar surface area (TPSA) is 93.5 Å². The normalized spacial score (nSPS) is 11.1. The van der Waals surface area contributed by atoms with Gasteiger partial charge in [0.05, 0.1) is 24.6 Å². The van der Waals surface area contributed by atoms with E-state index in [1.54, 1.807) is 0 Å². The van der Waals surface area contributed by atoms with E-state index in [1.165, 1.54) is 22.8 Å². The van der Waals surface area contributed by atoms with Gasteiger partial charge in [0.25, 0.3) is 0 Å². The van der Waals surface area contributed by atoms with Gasteiger partial charge in [-0.25, -0.2) is 0 Å². The van der Waals surface area contributed by atoms with E-state index in [0.29, 0.717) is 13.1 Å². The van der Waals surface area contributed by atoms with Crippen molar-refractivity contribution in [3.63, 3.8) is 0 Å². The number of rotatable bonds is 7. The summed E-state index contributed by atoms with van der Waals surface area (Å²) in [6, 6.07) is 4.08. The zero-order valence-corrected chi connectivity index (χ0v) is 17.0. The molecule has 0 saturated carbocycles. The van der Waals surface area contributed by atoms with Gasteiger partial charge in [0, 0.05) is 32.5 Å². The summed E-state index contributed by atoms with van der Waals surface area (Å²) in [5.41, 5.74) is 1.18. The molecule has 0 spiro atoms. The van der Waals surface area contributed by atoms with Gasteiger partial charge in [0.1, 0.15) is 12.4 Å². The number of aryl methyl sites for hydroxylation is 1. The molecule has 0 saturated heterocycles. The summed E-state index contributed by atoms with van der Waals surface area (Å²) in [6.45, 7) is 4.49. The molecule has 2 aromatic rings. The molecule has 2 aromatic heterocycles. The molecule has 2 heterocycles. The number of aromatic nitrogens is 3. The van der Waals surface area contributed by atoms with E-state index in [9.17, 15) is 10.1 Å². The number of hydrogen-bond acceptors (Lipinski definition) is 4. The molecule has 0 aliphatic rings. The second-order valence-electron chi connectivity index (χ2n) is 5.42. The third-order valence-corrected chi connectivity index (χ3v) is 3.57. The average molecular weight is 461 g/mol. The molecule has 9 nitrogen and oxygen atoms in total. The third kappa shape index (κ3) is 6.03. The van der Waals surface area contributed by atoms with E-state index >= 15 is 0 Å². The highest BCUT2D eigenvalue weighted by Crippen LogP contribution is 2.07. The zero-order valence-electron chi connectivity index (χ0n) is 14.6. The van der Waals surface area contributed by atoms with E-state index in [0.717, 1.165) is 19.0 Å². The maximum absolute atomic E-state index is 10.7. The summed E-state index contributed by atoms with van der Waals surface area (Å²) in [6.07, 6.45) is 4.67. The summed E-state index contributed by atoms with van der Waals surface area (Å²) < 4.78 is 3.60. The summed E-state index contributed by atoms with van der Waals surface area (Å²) in [4.78, 5) is 16.8. The van der Waals surface area contributed by atoms with Gasteiger partial charge < -0.3 is 14.8 Å². The number of aliphatic imine (C=N–C) groups is 1. The van der Waals surface area contributed by atoms with E-state index in [2.05, 4.69) is 26.0 Å². The van der Waals surface area contributed by atoms with Gasteiger partial charge in [-0.1, -0.05) is 0 Å². The molecule has 0 aromatic carbocycles. The van der Waals surface area contributed by atoms with Crippen molar-refractivity contribution in [2.45, 2.75) is 20.0 Å². The lowest BCUT2D eigenvalue weighted by Gasteiger charge is -2.22. The fraction of sp³-hybridized carbons (Fsp3) is 0.467. The standard InChI is InChI=1S/C15H23N7O2.HI/c1-4-16-15(20(3)11-13-6-5-8-19(13)2)17-7-9-21-12-14(10-18-21)22(23)24;/h5-6,8,10,12H,4,7,9,11H2,1-3H3,(H,16,17);1H. The number of guanidine groups is 1. The quantitative estimate of drug-likeness (QED) is 0.223. The summed E-state index contributed by atoms with van der Waals surface area (Å²) in [5, 5.41) is 17.9. The fourth-order valence-corrected chi connectivity index (χ4v) is 2.28. The van der Waals surface area contributed by atoms with E-state index < -0.39 is 4.92 Å². The molecule has 0 radical (unpaired) electrons. The van der Waals surface area contributed by atoms with Crippen molar-refractivity contribution >= 4 is 35.6 Å². The minimum absolute atomic E-state index is 0. The molecule has 25 heavy (non-hydrogen) atoms. The van der Waals surface area contributed by atoms with Gasteiger partial charge in [-0.2, -0.15) is 5.10 Å². The summed E-state index contributed by atoms with van der Waals surface area (Å²) in [7, 11) is 3.99. The van der Waals surface area contributed by atoms with E-state index in [-0.39, 0.29) is 29.7 Å². The molecule has 138 valence electrons. The molecule has 0 aliphatic heterocycles. The maximum atomic E-state index is 10.7. The Morgan fingerprint density at radius 1 is 1.52 bits per heavy atom.